The Labute approximate surface area is 162 Å². The highest BCUT2D eigenvalue weighted by atomic mass is 15.3. The van der Waals surface area contributed by atoms with Gasteiger partial charge in [0.15, 0.2) is 0 Å². The van der Waals surface area contributed by atoms with Crippen LogP contribution in [0.25, 0.3) is 22.3 Å². The molecule has 4 heterocycles. The van der Waals surface area contributed by atoms with Gasteiger partial charge in [-0.1, -0.05) is 0 Å². The van der Waals surface area contributed by atoms with Crippen LogP contribution < -0.4 is 10.6 Å². The number of rotatable bonds is 5. The third-order valence-electron chi connectivity index (χ3n) is 5.45. The molecule has 142 valence electrons. The normalized spacial score (nSPS) is 15.1. The third kappa shape index (κ3) is 2.87. The first-order valence-electron chi connectivity index (χ1n) is 9.45. The summed E-state index contributed by atoms with van der Waals surface area (Å²) in [4.78, 5) is 18.9. The quantitative estimate of drug-likeness (QED) is 0.493. The lowest BCUT2D eigenvalue weighted by Crippen LogP contribution is -2.24. The largest absolute Gasteiger partial charge is 0.383 e. The van der Waals surface area contributed by atoms with Crippen LogP contribution in [0.3, 0.4) is 0 Å². The van der Waals surface area contributed by atoms with Gasteiger partial charge in [-0.25, -0.2) is 9.97 Å². The number of fused-ring (bicyclic) bond motifs is 1. The fourth-order valence-corrected chi connectivity index (χ4v) is 3.39. The van der Waals surface area contributed by atoms with Crippen LogP contribution in [0.5, 0.6) is 0 Å². The molecule has 28 heavy (non-hydrogen) atoms. The molecule has 0 radical (unpaired) electrons. The molecule has 8 heteroatoms. The Morgan fingerprint density at radius 2 is 2.07 bits per heavy atom. The Morgan fingerprint density at radius 1 is 1.21 bits per heavy atom. The van der Waals surface area contributed by atoms with Gasteiger partial charge in [0.1, 0.15) is 5.82 Å². The maximum absolute atomic E-state index is 6.24. The van der Waals surface area contributed by atoms with Crippen LogP contribution in [-0.2, 0) is 0 Å². The highest BCUT2D eigenvalue weighted by Gasteiger charge is 2.26. The van der Waals surface area contributed by atoms with Gasteiger partial charge in [-0.05, 0) is 44.0 Å². The molecular weight excluding hydrogens is 352 g/mol. The maximum Gasteiger partial charge on any atom is 0.227 e. The van der Waals surface area contributed by atoms with Crippen molar-refractivity contribution in [3.05, 3.63) is 48.0 Å². The molecule has 0 spiro atoms. The van der Waals surface area contributed by atoms with Gasteiger partial charge in [0, 0.05) is 31.1 Å². The molecular formula is C20H22N8. The SMILES string of the molecule is C[C@H](c1ccc2[nH]ccc2n1)N(C)c1ncc(-c2cc(C3CC3)[nH]n2)c(N)n1. The van der Waals surface area contributed by atoms with E-state index in [-0.39, 0.29) is 6.04 Å². The van der Waals surface area contributed by atoms with E-state index in [9.17, 15) is 0 Å². The van der Waals surface area contributed by atoms with E-state index >= 15 is 0 Å². The number of hydrogen-bond donors (Lipinski definition) is 3. The number of anilines is 2. The maximum atomic E-state index is 6.24. The third-order valence-corrected chi connectivity index (χ3v) is 5.45. The topological polar surface area (TPSA) is 112 Å². The highest BCUT2D eigenvalue weighted by molar-refractivity contribution is 5.75. The van der Waals surface area contributed by atoms with Gasteiger partial charge in [0.2, 0.25) is 5.95 Å². The lowest BCUT2D eigenvalue weighted by atomic mass is 10.2. The highest BCUT2D eigenvalue weighted by Crippen LogP contribution is 2.40. The zero-order valence-electron chi connectivity index (χ0n) is 15.8. The number of nitrogens with zero attached hydrogens (tertiary/aromatic N) is 5. The Bertz CT molecular complexity index is 1140. The molecule has 0 unspecified atom stereocenters. The smallest absolute Gasteiger partial charge is 0.227 e. The summed E-state index contributed by atoms with van der Waals surface area (Å²) in [6, 6.07) is 8.07. The summed E-state index contributed by atoms with van der Waals surface area (Å²) >= 11 is 0. The van der Waals surface area contributed by atoms with Gasteiger partial charge in [0.25, 0.3) is 0 Å². The number of nitrogen functional groups attached to an aromatic ring is 1. The van der Waals surface area contributed by atoms with E-state index < -0.39 is 0 Å². The number of hydrogen-bond acceptors (Lipinski definition) is 6. The van der Waals surface area contributed by atoms with Gasteiger partial charge < -0.3 is 15.6 Å². The van der Waals surface area contributed by atoms with Crippen molar-refractivity contribution in [2.45, 2.75) is 31.7 Å². The van der Waals surface area contributed by atoms with Crippen LogP contribution in [0.1, 0.15) is 43.1 Å². The number of pyridine rings is 1. The van der Waals surface area contributed by atoms with Crippen LogP contribution in [0, 0.1) is 0 Å². The second-order valence-electron chi connectivity index (χ2n) is 7.39. The second-order valence-corrected chi connectivity index (χ2v) is 7.39. The first-order chi connectivity index (χ1) is 13.6. The minimum absolute atomic E-state index is 0.00333. The zero-order chi connectivity index (χ0) is 19.3. The van der Waals surface area contributed by atoms with Crippen molar-refractivity contribution in [2.24, 2.45) is 0 Å². The van der Waals surface area contributed by atoms with Crippen molar-refractivity contribution in [3.63, 3.8) is 0 Å². The monoisotopic (exact) mass is 374 g/mol. The van der Waals surface area contributed by atoms with E-state index in [0.717, 1.165) is 33.7 Å². The van der Waals surface area contributed by atoms with Crippen LogP contribution in [-0.4, -0.2) is 37.2 Å². The van der Waals surface area contributed by atoms with Gasteiger partial charge in [-0.3, -0.25) is 5.10 Å². The molecule has 0 aromatic carbocycles. The predicted molar refractivity (Wildman–Crippen MR) is 109 cm³/mol. The standard InChI is InChI=1S/C20H22N8/c1-11(14-5-6-15-16(24-14)7-8-22-15)28(2)20-23-10-13(19(21)25-20)18-9-17(26-27-18)12-3-4-12/h5-12,22H,3-4H2,1-2H3,(H,26,27)(H2,21,23,25)/t11-/m1/s1. The first kappa shape index (κ1) is 16.7. The number of aromatic nitrogens is 6. The van der Waals surface area contributed by atoms with Crippen LogP contribution in [0.2, 0.25) is 0 Å². The Kier molecular flexibility index (Phi) is 3.78. The molecule has 0 bridgehead atoms. The molecule has 1 atom stereocenters. The van der Waals surface area contributed by atoms with E-state index in [1.54, 1.807) is 6.20 Å². The van der Waals surface area contributed by atoms with Gasteiger partial charge in [-0.2, -0.15) is 10.1 Å². The average Bonchev–Trinajstić information content (AvgIpc) is 3.25. The fraction of sp³-hybridized carbons (Fsp3) is 0.300. The number of nitrogens with one attached hydrogen (secondary N) is 2. The minimum atomic E-state index is -0.00333. The predicted octanol–water partition coefficient (Wildman–Crippen LogP) is 3.40. The molecule has 0 aliphatic heterocycles. The van der Waals surface area contributed by atoms with Crippen LogP contribution in [0.4, 0.5) is 11.8 Å². The summed E-state index contributed by atoms with van der Waals surface area (Å²) in [5.74, 6) is 1.59. The molecule has 8 nitrogen and oxygen atoms in total. The number of nitrogens with two attached hydrogens (primary N) is 1. The fourth-order valence-electron chi connectivity index (χ4n) is 3.39. The molecule has 1 aliphatic carbocycles. The van der Waals surface area contributed by atoms with Crippen molar-refractivity contribution in [1.82, 2.24) is 30.1 Å². The Balaban J connectivity index is 1.40. The average molecular weight is 374 g/mol. The van der Waals surface area contributed by atoms with Crippen molar-refractivity contribution in [2.75, 3.05) is 17.7 Å². The molecule has 4 N–H and O–H groups in total. The molecule has 1 saturated carbocycles. The second kappa shape index (κ2) is 6.33. The van der Waals surface area contributed by atoms with Gasteiger partial charge >= 0.3 is 0 Å². The Morgan fingerprint density at radius 3 is 2.86 bits per heavy atom. The van der Waals surface area contributed by atoms with Crippen molar-refractivity contribution >= 4 is 22.8 Å². The zero-order valence-corrected chi connectivity index (χ0v) is 15.8. The number of aromatic amines is 2. The van der Waals surface area contributed by atoms with E-state index in [4.69, 9.17) is 10.7 Å². The molecule has 1 fully saturated rings. The molecule has 4 aromatic rings. The summed E-state index contributed by atoms with van der Waals surface area (Å²) in [5.41, 5.74) is 11.9. The summed E-state index contributed by atoms with van der Waals surface area (Å²) in [6.07, 6.45) is 6.08. The summed E-state index contributed by atoms with van der Waals surface area (Å²) < 4.78 is 0. The molecule has 0 saturated heterocycles. The summed E-state index contributed by atoms with van der Waals surface area (Å²) in [7, 11) is 1.95. The minimum Gasteiger partial charge on any atom is -0.383 e. The summed E-state index contributed by atoms with van der Waals surface area (Å²) in [6.45, 7) is 2.07. The molecule has 0 amide bonds. The lowest BCUT2D eigenvalue weighted by Gasteiger charge is -2.24. The molecule has 4 aromatic heterocycles. The molecule has 1 aliphatic rings. The summed E-state index contributed by atoms with van der Waals surface area (Å²) in [5, 5.41) is 7.48. The van der Waals surface area contributed by atoms with E-state index in [0.29, 0.717) is 17.7 Å². The molecule has 5 rings (SSSR count). The Hall–Kier alpha value is -3.42. The van der Waals surface area contributed by atoms with Crippen molar-refractivity contribution in [3.8, 4) is 11.3 Å². The van der Waals surface area contributed by atoms with E-state index in [2.05, 4.69) is 38.1 Å². The van der Waals surface area contributed by atoms with Crippen LogP contribution in [0.15, 0.2) is 36.7 Å². The van der Waals surface area contributed by atoms with Crippen LogP contribution >= 0.6 is 0 Å². The van der Waals surface area contributed by atoms with Crippen molar-refractivity contribution < 1.29 is 0 Å². The first-order valence-corrected chi connectivity index (χ1v) is 9.45. The van der Waals surface area contributed by atoms with E-state index in [1.807, 2.05) is 36.3 Å². The number of H-pyrrole nitrogens is 2. The van der Waals surface area contributed by atoms with Gasteiger partial charge in [0.05, 0.1) is 34.0 Å². The van der Waals surface area contributed by atoms with E-state index in [1.165, 1.54) is 12.8 Å². The van der Waals surface area contributed by atoms with Gasteiger partial charge in [-0.15, -0.1) is 0 Å². The van der Waals surface area contributed by atoms with Crippen molar-refractivity contribution in [1.29, 1.82) is 0 Å². The lowest BCUT2D eigenvalue weighted by molar-refractivity contribution is 0.697.